The number of esters is 1. The van der Waals surface area contributed by atoms with Gasteiger partial charge in [0.15, 0.2) is 4.80 Å². The first kappa shape index (κ1) is 23.8. The highest BCUT2D eigenvalue weighted by molar-refractivity contribution is 7.07. The Morgan fingerprint density at radius 1 is 1.21 bits per heavy atom. The Hall–Kier alpha value is -3.39. The first-order valence-corrected chi connectivity index (χ1v) is 12.1. The van der Waals surface area contributed by atoms with Gasteiger partial charge in [-0.1, -0.05) is 23.5 Å². The number of nitrogens with zero attached hydrogens (tertiary/aromatic N) is 4. The summed E-state index contributed by atoms with van der Waals surface area (Å²) in [5.74, 6) is -0.450. The van der Waals surface area contributed by atoms with E-state index in [1.54, 1.807) is 18.4 Å². The molecule has 34 heavy (non-hydrogen) atoms. The van der Waals surface area contributed by atoms with Crippen LogP contribution in [0.1, 0.15) is 42.4 Å². The van der Waals surface area contributed by atoms with Gasteiger partial charge in [0.25, 0.3) is 5.56 Å². The second-order valence-electron chi connectivity index (χ2n) is 8.67. The topological polar surface area (TPSA) is 68.8 Å². The molecule has 0 amide bonds. The van der Waals surface area contributed by atoms with Crippen molar-refractivity contribution in [3.63, 3.8) is 0 Å². The van der Waals surface area contributed by atoms with Crippen molar-refractivity contribution in [3.8, 4) is 0 Å². The molecular weight excluding hydrogens is 448 g/mol. The lowest BCUT2D eigenvalue weighted by molar-refractivity contribution is -0.139. The van der Waals surface area contributed by atoms with Crippen LogP contribution in [-0.4, -0.2) is 35.8 Å². The molecule has 1 aromatic carbocycles. The van der Waals surface area contributed by atoms with E-state index >= 15 is 0 Å². The fraction of sp³-hybridized carbons (Fsp3) is 0.346. The fourth-order valence-corrected chi connectivity index (χ4v) is 5.27. The van der Waals surface area contributed by atoms with Crippen molar-refractivity contribution in [3.05, 3.63) is 83.8 Å². The number of rotatable bonds is 5. The minimum Gasteiger partial charge on any atom is -0.463 e. The molecular formula is C26H30N4O3S. The zero-order valence-electron chi connectivity index (χ0n) is 20.7. The third-order valence-electron chi connectivity index (χ3n) is 6.34. The highest BCUT2D eigenvalue weighted by Gasteiger charge is 2.33. The number of ether oxygens (including phenoxy) is 1. The zero-order chi connectivity index (χ0) is 24.7. The minimum atomic E-state index is -0.604. The van der Waals surface area contributed by atoms with Crippen LogP contribution in [0.15, 0.2) is 51.4 Å². The van der Waals surface area contributed by atoms with Gasteiger partial charge in [0.1, 0.15) is 0 Å². The predicted molar refractivity (Wildman–Crippen MR) is 136 cm³/mol. The molecule has 4 rings (SSSR count). The maximum atomic E-state index is 13.7. The van der Waals surface area contributed by atoms with Crippen molar-refractivity contribution in [2.24, 2.45) is 12.0 Å². The third-order valence-corrected chi connectivity index (χ3v) is 7.33. The minimum absolute atomic E-state index is 0.166. The van der Waals surface area contributed by atoms with Crippen molar-refractivity contribution >= 4 is 29.1 Å². The third kappa shape index (κ3) is 4.03. The molecule has 0 bridgehead atoms. The van der Waals surface area contributed by atoms with Gasteiger partial charge in [0.05, 0.1) is 28.5 Å². The summed E-state index contributed by atoms with van der Waals surface area (Å²) in [7, 11) is 5.95. The Labute approximate surface area is 202 Å². The summed E-state index contributed by atoms with van der Waals surface area (Å²) in [4.78, 5) is 33.9. The van der Waals surface area contributed by atoms with Crippen LogP contribution >= 0.6 is 11.3 Å². The predicted octanol–water partition coefficient (Wildman–Crippen LogP) is 2.82. The first-order valence-electron chi connectivity index (χ1n) is 11.2. The number of benzene rings is 1. The van der Waals surface area contributed by atoms with E-state index in [0.29, 0.717) is 20.6 Å². The van der Waals surface area contributed by atoms with Crippen LogP contribution in [0.3, 0.4) is 0 Å². The number of allylic oxidation sites excluding steroid dienone is 1. The van der Waals surface area contributed by atoms with E-state index in [4.69, 9.17) is 4.74 Å². The number of aryl methyl sites for hydroxylation is 1. The summed E-state index contributed by atoms with van der Waals surface area (Å²) in [6, 6.07) is 9.35. The monoisotopic (exact) mass is 478 g/mol. The van der Waals surface area contributed by atoms with Crippen LogP contribution < -0.4 is 19.8 Å². The van der Waals surface area contributed by atoms with E-state index in [1.165, 1.54) is 11.3 Å². The molecule has 0 N–H and O–H groups in total. The Kier molecular flexibility index (Phi) is 6.36. The number of carbonyl (C=O) groups excluding carboxylic acids is 1. The number of hydrogen-bond donors (Lipinski definition) is 0. The van der Waals surface area contributed by atoms with E-state index in [1.807, 2.05) is 70.2 Å². The first-order chi connectivity index (χ1) is 16.1. The second-order valence-corrected chi connectivity index (χ2v) is 9.68. The van der Waals surface area contributed by atoms with Gasteiger partial charge in [0, 0.05) is 38.2 Å². The van der Waals surface area contributed by atoms with Crippen molar-refractivity contribution in [2.45, 2.75) is 33.7 Å². The number of aromatic nitrogens is 2. The normalized spacial score (nSPS) is 15.9. The lowest BCUT2D eigenvalue weighted by Crippen LogP contribution is -2.40. The van der Waals surface area contributed by atoms with Gasteiger partial charge >= 0.3 is 5.97 Å². The van der Waals surface area contributed by atoms with Crippen molar-refractivity contribution < 1.29 is 9.53 Å². The second kappa shape index (κ2) is 9.10. The van der Waals surface area contributed by atoms with Crippen molar-refractivity contribution in [1.29, 1.82) is 0 Å². The molecule has 0 saturated heterocycles. The van der Waals surface area contributed by atoms with Crippen molar-refractivity contribution in [2.75, 3.05) is 25.6 Å². The van der Waals surface area contributed by atoms with E-state index in [0.717, 1.165) is 28.2 Å². The van der Waals surface area contributed by atoms with Crippen LogP contribution in [-0.2, 0) is 16.6 Å². The van der Waals surface area contributed by atoms with Gasteiger partial charge in [-0.3, -0.25) is 9.36 Å². The standard InChI is InChI=1S/C26H30N4O3S/c1-8-33-25(32)22-16(3)27-26-30(23(22)18-9-11-20(12-10-18)28(5)6)24(31)21(34-26)14-19-13-15(2)29(7)17(19)4/h9-14,23H,8H2,1-7H3. The Morgan fingerprint density at radius 3 is 2.44 bits per heavy atom. The molecule has 3 heterocycles. The number of hydrogen-bond acceptors (Lipinski definition) is 6. The quantitative estimate of drug-likeness (QED) is 0.529. The zero-order valence-corrected chi connectivity index (χ0v) is 21.5. The average Bonchev–Trinajstić information content (AvgIpc) is 3.23. The van der Waals surface area contributed by atoms with Crippen LogP contribution in [0.25, 0.3) is 6.08 Å². The summed E-state index contributed by atoms with van der Waals surface area (Å²) in [6.45, 7) is 7.90. The molecule has 0 radical (unpaired) electrons. The number of fused-ring (bicyclic) bond motifs is 1. The lowest BCUT2D eigenvalue weighted by atomic mass is 9.95. The van der Waals surface area contributed by atoms with Gasteiger partial charge < -0.3 is 14.2 Å². The summed E-state index contributed by atoms with van der Waals surface area (Å²) in [5.41, 5.74) is 5.87. The number of carbonyl (C=O) groups is 1. The Balaban J connectivity index is 1.95. The smallest absolute Gasteiger partial charge is 0.338 e. The fourth-order valence-electron chi connectivity index (χ4n) is 4.23. The van der Waals surface area contributed by atoms with Gasteiger partial charge in [0.2, 0.25) is 0 Å². The van der Waals surface area contributed by atoms with Gasteiger partial charge in [-0.15, -0.1) is 0 Å². The Morgan fingerprint density at radius 2 is 1.88 bits per heavy atom. The van der Waals surface area contributed by atoms with Gasteiger partial charge in [-0.25, -0.2) is 9.79 Å². The van der Waals surface area contributed by atoms with E-state index in [9.17, 15) is 9.59 Å². The van der Waals surface area contributed by atoms with E-state index in [-0.39, 0.29) is 12.2 Å². The molecule has 1 atom stereocenters. The number of anilines is 1. The Bertz CT molecular complexity index is 1470. The maximum absolute atomic E-state index is 13.7. The molecule has 3 aromatic rings. The highest BCUT2D eigenvalue weighted by Crippen LogP contribution is 2.31. The molecule has 1 aliphatic rings. The summed E-state index contributed by atoms with van der Waals surface area (Å²) in [6.07, 6.45) is 1.92. The molecule has 0 fully saturated rings. The largest absolute Gasteiger partial charge is 0.463 e. The molecule has 7 nitrogen and oxygen atoms in total. The SMILES string of the molecule is CCOC(=O)C1=C(C)N=c2sc(=Cc3cc(C)n(C)c3C)c(=O)n2C1c1ccc(N(C)C)cc1. The molecule has 8 heteroatoms. The van der Waals surface area contributed by atoms with Gasteiger partial charge in [-0.05, 0) is 63.1 Å². The van der Waals surface area contributed by atoms with E-state index in [2.05, 4.69) is 15.6 Å². The maximum Gasteiger partial charge on any atom is 0.338 e. The molecule has 2 aromatic heterocycles. The molecule has 0 saturated carbocycles. The van der Waals surface area contributed by atoms with Crippen molar-refractivity contribution in [1.82, 2.24) is 9.13 Å². The molecule has 0 spiro atoms. The van der Waals surface area contributed by atoms with Crippen LogP contribution in [0.4, 0.5) is 5.69 Å². The van der Waals surface area contributed by atoms with Gasteiger partial charge in [-0.2, -0.15) is 0 Å². The molecule has 178 valence electrons. The van der Waals surface area contributed by atoms with Crippen LogP contribution in [0, 0.1) is 13.8 Å². The van der Waals surface area contributed by atoms with Crippen LogP contribution in [0.2, 0.25) is 0 Å². The molecule has 1 unspecified atom stereocenters. The highest BCUT2D eigenvalue weighted by atomic mass is 32.1. The summed E-state index contributed by atoms with van der Waals surface area (Å²) >= 11 is 1.34. The average molecular weight is 479 g/mol. The molecule has 1 aliphatic heterocycles. The molecule has 0 aliphatic carbocycles. The number of thiazole rings is 1. The summed E-state index contributed by atoms with van der Waals surface area (Å²) in [5, 5.41) is 0. The van der Waals surface area contributed by atoms with E-state index < -0.39 is 12.0 Å². The van der Waals surface area contributed by atoms with Crippen LogP contribution in [0.5, 0.6) is 0 Å². The lowest BCUT2D eigenvalue weighted by Gasteiger charge is -2.25. The summed E-state index contributed by atoms with van der Waals surface area (Å²) < 4.78 is 9.68.